The molecule has 32 heavy (non-hydrogen) atoms. The van der Waals surface area contributed by atoms with Crippen molar-refractivity contribution in [1.82, 2.24) is 9.88 Å². The van der Waals surface area contributed by atoms with Gasteiger partial charge >= 0.3 is 0 Å². The number of aromatic nitrogens is 1. The van der Waals surface area contributed by atoms with Crippen LogP contribution in [0.25, 0.3) is 17.0 Å². The van der Waals surface area contributed by atoms with Crippen LogP contribution in [0.4, 0.5) is 10.1 Å². The number of halogens is 2. The highest BCUT2D eigenvalue weighted by Crippen LogP contribution is 2.31. The summed E-state index contributed by atoms with van der Waals surface area (Å²) in [4.78, 5) is 17.5. The van der Waals surface area contributed by atoms with E-state index in [1.165, 1.54) is 23.9 Å². The minimum Gasteiger partial charge on any atom is -0.342 e. The van der Waals surface area contributed by atoms with Gasteiger partial charge < -0.3 is 9.88 Å². The number of aliphatic imine (C=N–C) groups is 1. The van der Waals surface area contributed by atoms with E-state index in [4.69, 9.17) is 11.6 Å². The second kappa shape index (κ2) is 8.65. The zero-order valence-electron chi connectivity index (χ0n) is 16.8. The Morgan fingerprint density at radius 1 is 1.03 bits per heavy atom. The molecule has 0 bridgehead atoms. The van der Waals surface area contributed by atoms with Crippen molar-refractivity contribution in [3.05, 3.63) is 106 Å². The Hall–Kier alpha value is -3.35. The molecule has 0 aliphatic carbocycles. The lowest BCUT2D eigenvalue weighted by Gasteiger charge is -2.05. The Balaban J connectivity index is 1.46. The second-order valence-corrected chi connectivity index (χ2v) is 8.78. The minimum absolute atomic E-state index is 0.203. The SMILES string of the molecule is O=C1NC(=Nc2ccc(F)cc2)S/C1=C\c1cn(Cc2ccc(Cl)cc2)c2ccccc12. The molecule has 2 heterocycles. The van der Waals surface area contributed by atoms with Crippen LogP contribution in [0.3, 0.4) is 0 Å². The molecule has 1 N–H and O–H groups in total. The number of hydrogen-bond donors (Lipinski definition) is 1. The molecule has 3 aromatic carbocycles. The highest BCUT2D eigenvalue weighted by Gasteiger charge is 2.24. The molecule has 158 valence electrons. The summed E-state index contributed by atoms with van der Waals surface area (Å²) >= 11 is 7.28. The summed E-state index contributed by atoms with van der Waals surface area (Å²) in [5.74, 6) is -0.530. The Morgan fingerprint density at radius 3 is 2.56 bits per heavy atom. The average Bonchev–Trinajstić information content (AvgIpc) is 3.31. The van der Waals surface area contributed by atoms with Gasteiger partial charge in [-0.2, -0.15) is 0 Å². The predicted octanol–water partition coefficient (Wildman–Crippen LogP) is 6.37. The van der Waals surface area contributed by atoms with E-state index in [1.54, 1.807) is 12.1 Å². The first-order valence-corrected chi connectivity index (χ1v) is 11.1. The van der Waals surface area contributed by atoms with E-state index in [0.29, 0.717) is 27.3 Å². The maximum atomic E-state index is 13.1. The van der Waals surface area contributed by atoms with Crippen molar-refractivity contribution in [1.29, 1.82) is 0 Å². The standard InChI is InChI=1S/C25H17ClFN3OS/c26-18-7-5-16(6-8-18)14-30-15-17(21-3-1-2-4-22(21)30)13-23-24(31)29-25(32-23)28-20-11-9-19(27)10-12-20/h1-13,15H,14H2,(H,28,29,31)/b23-13-. The maximum Gasteiger partial charge on any atom is 0.264 e. The van der Waals surface area contributed by atoms with Crippen molar-refractivity contribution >= 4 is 57.1 Å². The van der Waals surface area contributed by atoms with Gasteiger partial charge in [-0.15, -0.1) is 0 Å². The molecule has 0 atom stereocenters. The molecule has 1 saturated heterocycles. The summed E-state index contributed by atoms with van der Waals surface area (Å²) in [5, 5.41) is 5.02. The zero-order chi connectivity index (χ0) is 22.1. The summed E-state index contributed by atoms with van der Waals surface area (Å²) in [6.07, 6.45) is 3.93. The molecule has 7 heteroatoms. The number of hydrogen-bond acceptors (Lipinski definition) is 3. The number of amides is 1. The third-order valence-corrected chi connectivity index (χ3v) is 6.24. The smallest absolute Gasteiger partial charge is 0.264 e. The van der Waals surface area contributed by atoms with Crippen molar-refractivity contribution in [2.45, 2.75) is 6.54 Å². The van der Waals surface area contributed by atoms with Gasteiger partial charge in [0.1, 0.15) is 5.82 Å². The molecule has 1 aromatic heterocycles. The number of rotatable bonds is 4. The average molecular weight is 462 g/mol. The largest absolute Gasteiger partial charge is 0.342 e. The number of fused-ring (bicyclic) bond motifs is 1. The van der Waals surface area contributed by atoms with E-state index in [1.807, 2.05) is 48.5 Å². The lowest BCUT2D eigenvalue weighted by molar-refractivity contribution is -0.115. The van der Waals surface area contributed by atoms with Gasteiger partial charge in [0.25, 0.3) is 5.91 Å². The fourth-order valence-corrected chi connectivity index (χ4v) is 4.52. The van der Waals surface area contributed by atoms with Crippen LogP contribution in [-0.2, 0) is 11.3 Å². The Kier molecular flexibility index (Phi) is 5.55. The zero-order valence-corrected chi connectivity index (χ0v) is 18.3. The molecule has 1 amide bonds. The molecule has 1 fully saturated rings. The van der Waals surface area contributed by atoms with Crippen molar-refractivity contribution in [3.8, 4) is 0 Å². The van der Waals surface area contributed by atoms with Crippen LogP contribution in [-0.4, -0.2) is 15.6 Å². The topological polar surface area (TPSA) is 46.4 Å². The third-order valence-electron chi connectivity index (χ3n) is 5.08. The number of benzene rings is 3. The van der Waals surface area contributed by atoms with Crippen LogP contribution in [0, 0.1) is 5.82 Å². The Morgan fingerprint density at radius 2 is 1.78 bits per heavy atom. The normalized spacial score (nSPS) is 16.2. The van der Waals surface area contributed by atoms with Crippen molar-refractivity contribution < 1.29 is 9.18 Å². The van der Waals surface area contributed by atoms with Crippen LogP contribution in [0.5, 0.6) is 0 Å². The first-order valence-electron chi connectivity index (χ1n) is 9.93. The summed E-state index contributed by atoms with van der Waals surface area (Å²) < 4.78 is 15.3. The van der Waals surface area contributed by atoms with E-state index in [0.717, 1.165) is 22.0 Å². The van der Waals surface area contributed by atoms with E-state index in [9.17, 15) is 9.18 Å². The van der Waals surface area contributed by atoms with E-state index < -0.39 is 0 Å². The molecule has 1 aliphatic heterocycles. The number of carbonyl (C=O) groups excluding carboxylic acids is 1. The van der Waals surface area contributed by atoms with Crippen LogP contribution < -0.4 is 5.32 Å². The fourth-order valence-electron chi connectivity index (χ4n) is 3.56. The number of para-hydroxylation sites is 1. The monoisotopic (exact) mass is 461 g/mol. The van der Waals surface area contributed by atoms with Crippen LogP contribution in [0.15, 0.2) is 88.9 Å². The first-order chi connectivity index (χ1) is 15.5. The molecule has 0 unspecified atom stereocenters. The fraction of sp³-hybridized carbons (Fsp3) is 0.0400. The number of carbonyl (C=O) groups is 1. The van der Waals surface area contributed by atoms with E-state index in [-0.39, 0.29) is 11.7 Å². The van der Waals surface area contributed by atoms with Crippen LogP contribution in [0.2, 0.25) is 5.02 Å². The maximum absolute atomic E-state index is 13.1. The van der Waals surface area contributed by atoms with Crippen molar-refractivity contribution in [3.63, 3.8) is 0 Å². The van der Waals surface area contributed by atoms with E-state index >= 15 is 0 Å². The minimum atomic E-state index is -0.326. The van der Waals surface area contributed by atoms with Gasteiger partial charge in [-0.3, -0.25) is 4.79 Å². The molecule has 0 saturated carbocycles. The van der Waals surface area contributed by atoms with Gasteiger partial charge in [-0.1, -0.05) is 41.9 Å². The highest BCUT2D eigenvalue weighted by atomic mass is 35.5. The molecule has 1 aliphatic rings. The molecule has 4 aromatic rings. The molecule has 4 nitrogen and oxygen atoms in total. The highest BCUT2D eigenvalue weighted by molar-refractivity contribution is 8.18. The molecular formula is C25H17ClFN3OS. The summed E-state index contributed by atoms with van der Waals surface area (Å²) in [7, 11) is 0. The lowest BCUT2D eigenvalue weighted by Crippen LogP contribution is -2.19. The Labute approximate surface area is 193 Å². The summed E-state index contributed by atoms with van der Waals surface area (Å²) in [6.45, 7) is 0.692. The first kappa shape index (κ1) is 20.5. The number of thioether (sulfide) groups is 1. The van der Waals surface area contributed by atoms with Gasteiger partial charge in [0.05, 0.1) is 10.6 Å². The molecular weight excluding hydrogens is 445 g/mol. The quantitative estimate of drug-likeness (QED) is 0.359. The van der Waals surface area contributed by atoms with Gasteiger partial charge in [0.15, 0.2) is 5.17 Å². The predicted molar refractivity (Wildman–Crippen MR) is 130 cm³/mol. The Bertz CT molecular complexity index is 1370. The number of amidine groups is 1. The molecule has 0 radical (unpaired) electrons. The second-order valence-electron chi connectivity index (χ2n) is 7.31. The van der Waals surface area contributed by atoms with Gasteiger partial charge in [0, 0.05) is 34.2 Å². The summed E-state index contributed by atoms with van der Waals surface area (Å²) in [5.41, 5.74) is 3.75. The van der Waals surface area contributed by atoms with Gasteiger partial charge in [0.2, 0.25) is 0 Å². The molecule has 5 rings (SSSR count). The summed E-state index contributed by atoms with van der Waals surface area (Å²) in [6, 6.07) is 21.7. The van der Waals surface area contributed by atoms with E-state index in [2.05, 4.69) is 27.1 Å². The number of nitrogens with zero attached hydrogens (tertiary/aromatic N) is 2. The number of nitrogens with one attached hydrogen (secondary N) is 1. The van der Waals surface area contributed by atoms with Gasteiger partial charge in [-0.25, -0.2) is 9.38 Å². The lowest BCUT2D eigenvalue weighted by atomic mass is 10.1. The van der Waals surface area contributed by atoms with Crippen molar-refractivity contribution in [2.75, 3.05) is 0 Å². The third kappa shape index (κ3) is 4.33. The van der Waals surface area contributed by atoms with Crippen LogP contribution in [0.1, 0.15) is 11.1 Å². The van der Waals surface area contributed by atoms with Crippen molar-refractivity contribution in [2.24, 2.45) is 4.99 Å². The van der Waals surface area contributed by atoms with Gasteiger partial charge in [-0.05, 0) is 65.9 Å². The molecule has 0 spiro atoms. The van der Waals surface area contributed by atoms with Crippen LogP contribution >= 0.6 is 23.4 Å².